The van der Waals surface area contributed by atoms with Crippen LogP contribution in [0, 0.1) is 12.8 Å². The number of amides is 1. The summed E-state index contributed by atoms with van der Waals surface area (Å²) in [6.07, 6.45) is 2.02. The molecule has 1 atom stereocenters. The van der Waals surface area contributed by atoms with E-state index in [4.69, 9.17) is 19.4 Å². The number of carboxylic acids is 1. The lowest BCUT2D eigenvalue weighted by Gasteiger charge is -2.47. The Labute approximate surface area is 188 Å². The van der Waals surface area contributed by atoms with Gasteiger partial charge in [0.2, 0.25) is 0 Å². The molecule has 4 heterocycles. The van der Waals surface area contributed by atoms with Crippen LogP contribution in [-0.4, -0.2) is 82.6 Å². The van der Waals surface area contributed by atoms with E-state index < -0.39 is 12.1 Å². The topological polar surface area (TPSA) is 89.0 Å². The normalized spacial score (nSPS) is 22.8. The van der Waals surface area contributed by atoms with Crippen LogP contribution < -0.4 is 0 Å². The number of aryl methyl sites for hydroxylation is 1. The molecule has 3 fully saturated rings. The van der Waals surface area contributed by atoms with E-state index in [2.05, 4.69) is 4.98 Å². The average Bonchev–Trinajstić information content (AvgIpc) is 3.16. The summed E-state index contributed by atoms with van der Waals surface area (Å²) < 4.78 is 43.5. The molecule has 1 unspecified atom stereocenters. The summed E-state index contributed by atoms with van der Waals surface area (Å²) in [6, 6.07) is 1.92. The number of carbonyl (C=O) groups is 2. The number of carboxylic acid groups (broad SMARTS) is 1. The number of aromatic nitrogens is 1. The Kier molecular flexibility index (Phi) is 8.05. The number of carbonyl (C=O) groups excluding carboxylic acids is 1. The second-order valence-electron chi connectivity index (χ2n) is 8.42. The summed E-state index contributed by atoms with van der Waals surface area (Å²) in [5.74, 6) is -0.942. The zero-order chi connectivity index (χ0) is 23.4. The summed E-state index contributed by atoms with van der Waals surface area (Å²) in [6.45, 7) is 6.25. The maximum atomic E-state index is 12.6. The second-order valence-corrected chi connectivity index (χ2v) is 9.91. The van der Waals surface area contributed by atoms with Crippen LogP contribution in [-0.2, 0) is 14.3 Å². The van der Waals surface area contributed by atoms with Gasteiger partial charge < -0.3 is 19.5 Å². The number of likely N-dealkylation sites (tertiary alicyclic amines) is 1. The Morgan fingerprint density at radius 3 is 2.56 bits per heavy atom. The van der Waals surface area contributed by atoms with Crippen molar-refractivity contribution in [2.24, 2.45) is 5.92 Å². The van der Waals surface area contributed by atoms with E-state index >= 15 is 0 Å². The lowest BCUT2D eigenvalue weighted by Crippen LogP contribution is -2.60. The van der Waals surface area contributed by atoms with Crippen molar-refractivity contribution in [2.45, 2.75) is 43.2 Å². The van der Waals surface area contributed by atoms with Crippen LogP contribution in [0.2, 0.25) is 0 Å². The molecule has 1 amide bonds. The summed E-state index contributed by atoms with van der Waals surface area (Å²) in [7, 11) is 0. The number of hydrogen-bond acceptors (Lipinski definition) is 6. The zero-order valence-corrected chi connectivity index (χ0v) is 18.6. The Bertz CT molecular complexity index is 811. The van der Waals surface area contributed by atoms with Crippen molar-refractivity contribution in [1.82, 2.24) is 9.88 Å². The molecule has 0 aliphatic carbocycles. The van der Waals surface area contributed by atoms with Gasteiger partial charge in [-0.1, -0.05) is 0 Å². The van der Waals surface area contributed by atoms with Gasteiger partial charge in [-0.25, -0.2) is 4.79 Å². The number of rotatable bonds is 4. The van der Waals surface area contributed by atoms with Gasteiger partial charge in [-0.3, -0.25) is 9.78 Å². The number of hydrogen-bond donors (Lipinski definition) is 1. The third kappa shape index (κ3) is 6.58. The van der Waals surface area contributed by atoms with E-state index in [-0.39, 0.29) is 10.7 Å². The molecule has 1 spiro atoms. The van der Waals surface area contributed by atoms with Crippen molar-refractivity contribution in [1.29, 1.82) is 0 Å². The third-order valence-electron chi connectivity index (χ3n) is 5.69. The van der Waals surface area contributed by atoms with E-state index in [9.17, 15) is 18.0 Å². The van der Waals surface area contributed by atoms with Gasteiger partial charge in [-0.05, 0) is 43.7 Å². The van der Waals surface area contributed by atoms with Crippen molar-refractivity contribution in [3.05, 3.63) is 29.6 Å². The van der Waals surface area contributed by atoms with Gasteiger partial charge in [0.1, 0.15) is 0 Å². The molecule has 1 aromatic heterocycles. The number of pyridine rings is 1. The number of thioether (sulfide) groups is 1. The molecule has 32 heavy (non-hydrogen) atoms. The van der Waals surface area contributed by atoms with Gasteiger partial charge >= 0.3 is 12.1 Å². The molecule has 7 nitrogen and oxygen atoms in total. The van der Waals surface area contributed by atoms with Crippen LogP contribution >= 0.6 is 11.8 Å². The lowest BCUT2D eigenvalue weighted by molar-refractivity contribution is -0.192. The quantitative estimate of drug-likeness (QED) is 0.714. The smallest absolute Gasteiger partial charge is 0.475 e. The Balaban J connectivity index is 0.000000360. The first kappa shape index (κ1) is 24.8. The molecule has 3 aliphatic heterocycles. The minimum atomic E-state index is -5.08. The molecule has 1 N–H and O–H groups in total. The summed E-state index contributed by atoms with van der Waals surface area (Å²) in [5, 5.41) is 7.12. The molecular formula is C21H27F3N2O5S. The minimum Gasteiger partial charge on any atom is -0.475 e. The van der Waals surface area contributed by atoms with E-state index in [0.717, 1.165) is 63.5 Å². The molecule has 0 aromatic carbocycles. The van der Waals surface area contributed by atoms with Crippen LogP contribution in [0.5, 0.6) is 0 Å². The van der Waals surface area contributed by atoms with E-state index in [0.29, 0.717) is 17.6 Å². The summed E-state index contributed by atoms with van der Waals surface area (Å²) >= 11 is 1.99. The maximum absolute atomic E-state index is 12.6. The fraction of sp³-hybridized carbons (Fsp3) is 0.667. The maximum Gasteiger partial charge on any atom is 0.490 e. The van der Waals surface area contributed by atoms with Crippen LogP contribution in [0.1, 0.15) is 35.2 Å². The molecule has 11 heteroatoms. The highest BCUT2D eigenvalue weighted by molar-refractivity contribution is 8.01. The Morgan fingerprint density at radius 2 is 1.97 bits per heavy atom. The molecule has 0 radical (unpaired) electrons. The zero-order valence-electron chi connectivity index (χ0n) is 17.8. The number of aliphatic carboxylic acids is 1. The first-order valence-corrected chi connectivity index (χ1v) is 11.4. The summed E-state index contributed by atoms with van der Waals surface area (Å²) in [4.78, 5) is 27.5. The highest BCUT2D eigenvalue weighted by Crippen LogP contribution is 2.46. The first-order chi connectivity index (χ1) is 15.1. The second kappa shape index (κ2) is 10.4. The SMILES string of the molecule is Cc1cncc(C(=O)N2CC3(CC(OCC4CCOCC4)CS3)C2)c1.O=C(O)C(F)(F)F. The van der Waals surface area contributed by atoms with Gasteiger partial charge in [-0.2, -0.15) is 13.2 Å². The largest absolute Gasteiger partial charge is 0.490 e. The Morgan fingerprint density at radius 1 is 1.31 bits per heavy atom. The monoisotopic (exact) mass is 476 g/mol. The van der Waals surface area contributed by atoms with E-state index in [1.165, 1.54) is 0 Å². The standard InChI is InChI=1S/C19H26N2O3S.C2HF3O2/c1-14-6-16(9-20-8-14)18(22)21-12-19(13-21)7-17(11-25-19)24-10-15-2-4-23-5-3-15;3-2(4,5)1(6)7/h6,8-9,15,17H,2-5,7,10-13H2,1H3;(H,6,7). The first-order valence-electron chi connectivity index (χ1n) is 10.4. The molecule has 0 saturated carbocycles. The van der Waals surface area contributed by atoms with Crippen LogP contribution in [0.4, 0.5) is 13.2 Å². The third-order valence-corrected chi connectivity index (χ3v) is 7.27. The van der Waals surface area contributed by atoms with Gasteiger partial charge in [0.05, 0.1) is 16.4 Å². The highest BCUT2D eigenvalue weighted by atomic mass is 32.2. The predicted molar refractivity (Wildman–Crippen MR) is 112 cm³/mol. The van der Waals surface area contributed by atoms with Gasteiger partial charge in [0, 0.05) is 51.1 Å². The number of alkyl halides is 3. The van der Waals surface area contributed by atoms with Crippen molar-refractivity contribution in [2.75, 3.05) is 38.7 Å². The van der Waals surface area contributed by atoms with Crippen molar-refractivity contribution in [3.8, 4) is 0 Å². The van der Waals surface area contributed by atoms with Gasteiger partial charge in [0.25, 0.3) is 5.91 Å². The molecular weight excluding hydrogens is 449 g/mol. The molecule has 3 aliphatic rings. The highest BCUT2D eigenvalue weighted by Gasteiger charge is 2.51. The van der Waals surface area contributed by atoms with E-state index in [1.54, 1.807) is 12.4 Å². The van der Waals surface area contributed by atoms with Gasteiger partial charge in [-0.15, -0.1) is 11.8 Å². The number of halogens is 3. The van der Waals surface area contributed by atoms with Crippen molar-refractivity contribution < 1.29 is 37.3 Å². The Hall–Kier alpha value is -1.85. The molecule has 178 valence electrons. The number of nitrogens with zero attached hydrogens (tertiary/aromatic N) is 2. The van der Waals surface area contributed by atoms with Crippen molar-refractivity contribution in [3.63, 3.8) is 0 Å². The van der Waals surface area contributed by atoms with E-state index in [1.807, 2.05) is 29.7 Å². The number of ether oxygens (including phenoxy) is 2. The molecule has 1 aromatic rings. The molecule has 4 rings (SSSR count). The molecule has 3 saturated heterocycles. The van der Waals surface area contributed by atoms with Crippen LogP contribution in [0.3, 0.4) is 0 Å². The average molecular weight is 477 g/mol. The molecule has 0 bridgehead atoms. The summed E-state index contributed by atoms with van der Waals surface area (Å²) in [5.41, 5.74) is 1.73. The lowest BCUT2D eigenvalue weighted by atomic mass is 9.92. The van der Waals surface area contributed by atoms with Gasteiger partial charge in [0.15, 0.2) is 0 Å². The van der Waals surface area contributed by atoms with Crippen molar-refractivity contribution >= 4 is 23.6 Å². The fourth-order valence-electron chi connectivity index (χ4n) is 3.96. The van der Waals surface area contributed by atoms with Crippen LogP contribution in [0.15, 0.2) is 18.5 Å². The minimum absolute atomic E-state index is 0.106. The fourth-order valence-corrected chi connectivity index (χ4v) is 5.51. The van der Waals surface area contributed by atoms with Crippen LogP contribution in [0.25, 0.3) is 0 Å². The predicted octanol–water partition coefficient (Wildman–Crippen LogP) is 3.17.